The number of nitrogens with zero attached hydrogens (tertiary/aromatic N) is 2. The zero-order chi connectivity index (χ0) is 16.3. The Kier molecular flexibility index (Phi) is 4.62. The lowest BCUT2D eigenvalue weighted by Gasteiger charge is -2.03. The van der Waals surface area contributed by atoms with Gasteiger partial charge in [-0.1, -0.05) is 24.6 Å². The molecular formula is C15H13ClN2O4. The van der Waals surface area contributed by atoms with Gasteiger partial charge in [0.25, 0.3) is 0 Å². The fourth-order valence-corrected chi connectivity index (χ4v) is 2.10. The van der Waals surface area contributed by atoms with Crippen molar-refractivity contribution in [2.75, 3.05) is 0 Å². The van der Waals surface area contributed by atoms with Gasteiger partial charge in [0.05, 0.1) is 4.92 Å². The second-order valence-corrected chi connectivity index (χ2v) is 4.99. The molecule has 7 heteroatoms. The Labute approximate surface area is 131 Å². The van der Waals surface area contributed by atoms with E-state index < -0.39 is 16.4 Å². The van der Waals surface area contributed by atoms with Crippen molar-refractivity contribution < 1.29 is 15.1 Å². The summed E-state index contributed by atoms with van der Waals surface area (Å²) in [6.07, 6.45) is 2.00. The molecule has 0 bridgehead atoms. The van der Waals surface area contributed by atoms with Gasteiger partial charge < -0.3 is 10.2 Å². The average molecular weight is 321 g/mol. The van der Waals surface area contributed by atoms with E-state index in [1.54, 1.807) is 12.1 Å². The minimum Gasteiger partial charge on any atom is -0.506 e. The van der Waals surface area contributed by atoms with E-state index in [0.29, 0.717) is 5.69 Å². The van der Waals surface area contributed by atoms with E-state index in [0.717, 1.165) is 18.1 Å². The highest BCUT2D eigenvalue weighted by molar-refractivity contribution is 6.31. The predicted molar refractivity (Wildman–Crippen MR) is 84.5 cm³/mol. The summed E-state index contributed by atoms with van der Waals surface area (Å²) >= 11 is 5.80. The van der Waals surface area contributed by atoms with Crippen molar-refractivity contribution in [3.05, 3.63) is 56.6 Å². The van der Waals surface area contributed by atoms with Crippen molar-refractivity contribution in [2.45, 2.75) is 13.3 Å². The minimum atomic E-state index is -0.728. The standard InChI is InChI=1S/C15H13ClN2O4/c1-2-9-3-4-14(19)12(5-9)17-8-10-6-11(16)7-13(15(10)20)18(21)22/h3-8,19-20H,2H2,1H3. The van der Waals surface area contributed by atoms with E-state index in [4.69, 9.17) is 11.6 Å². The van der Waals surface area contributed by atoms with E-state index in [1.165, 1.54) is 18.3 Å². The quantitative estimate of drug-likeness (QED) is 0.506. The van der Waals surface area contributed by atoms with Gasteiger partial charge in [0.1, 0.15) is 11.4 Å². The summed E-state index contributed by atoms with van der Waals surface area (Å²) in [5.74, 6) is -0.547. The molecule has 0 aromatic heterocycles. The van der Waals surface area contributed by atoms with Gasteiger partial charge in [-0.05, 0) is 30.2 Å². The largest absolute Gasteiger partial charge is 0.506 e. The molecule has 0 heterocycles. The molecule has 114 valence electrons. The van der Waals surface area contributed by atoms with E-state index in [2.05, 4.69) is 4.99 Å². The average Bonchev–Trinajstić information content (AvgIpc) is 2.48. The molecule has 0 unspecified atom stereocenters. The molecule has 6 nitrogen and oxygen atoms in total. The van der Waals surface area contributed by atoms with E-state index in [1.807, 2.05) is 6.92 Å². The van der Waals surface area contributed by atoms with Crippen LogP contribution in [0.2, 0.25) is 5.02 Å². The summed E-state index contributed by atoms with van der Waals surface area (Å²) in [7, 11) is 0. The molecule has 0 aliphatic rings. The van der Waals surface area contributed by atoms with Gasteiger partial charge in [-0.15, -0.1) is 0 Å². The highest BCUT2D eigenvalue weighted by Crippen LogP contribution is 2.33. The first-order chi connectivity index (χ1) is 10.4. The van der Waals surface area contributed by atoms with Crippen LogP contribution in [0, 0.1) is 10.1 Å². The Morgan fingerprint density at radius 3 is 2.68 bits per heavy atom. The van der Waals surface area contributed by atoms with Crippen molar-refractivity contribution in [3.8, 4) is 11.5 Å². The van der Waals surface area contributed by atoms with Crippen LogP contribution in [0.1, 0.15) is 18.1 Å². The Morgan fingerprint density at radius 2 is 2.05 bits per heavy atom. The number of phenols is 2. The maximum Gasteiger partial charge on any atom is 0.312 e. The van der Waals surface area contributed by atoms with Gasteiger partial charge in [-0.3, -0.25) is 15.1 Å². The van der Waals surface area contributed by atoms with E-state index in [9.17, 15) is 20.3 Å². The number of aliphatic imine (C=N–C) groups is 1. The van der Waals surface area contributed by atoms with Gasteiger partial charge in [0.2, 0.25) is 5.75 Å². The van der Waals surface area contributed by atoms with E-state index in [-0.39, 0.29) is 16.3 Å². The molecule has 2 rings (SSSR count). The highest BCUT2D eigenvalue weighted by atomic mass is 35.5. The molecule has 2 aromatic carbocycles. The molecule has 0 saturated carbocycles. The number of aromatic hydroxyl groups is 2. The molecule has 22 heavy (non-hydrogen) atoms. The molecule has 0 aliphatic heterocycles. The number of hydrogen-bond acceptors (Lipinski definition) is 5. The molecule has 0 aliphatic carbocycles. The first-order valence-electron chi connectivity index (χ1n) is 6.45. The predicted octanol–water partition coefficient (Wildman–Crippen LogP) is 3.97. The number of hydrogen-bond donors (Lipinski definition) is 2. The second-order valence-electron chi connectivity index (χ2n) is 4.55. The molecule has 2 aromatic rings. The lowest BCUT2D eigenvalue weighted by molar-refractivity contribution is -0.385. The summed E-state index contributed by atoms with van der Waals surface area (Å²) in [6.45, 7) is 1.96. The van der Waals surface area contributed by atoms with Crippen LogP contribution >= 0.6 is 11.6 Å². The summed E-state index contributed by atoms with van der Waals surface area (Å²) in [4.78, 5) is 14.2. The SMILES string of the molecule is CCc1ccc(O)c(N=Cc2cc(Cl)cc([N+](=O)[O-])c2O)c1. The zero-order valence-corrected chi connectivity index (χ0v) is 12.4. The van der Waals surface area contributed by atoms with Crippen LogP contribution in [0.15, 0.2) is 35.3 Å². The first kappa shape index (κ1) is 15.8. The Hall–Kier alpha value is -2.60. The first-order valence-corrected chi connectivity index (χ1v) is 6.83. The van der Waals surface area contributed by atoms with Gasteiger partial charge in [0.15, 0.2) is 0 Å². The molecule has 0 radical (unpaired) electrons. The van der Waals surface area contributed by atoms with Crippen molar-refractivity contribution in [2.24, 2.45) is 4.99 Å². The number of phenolic OH excluding ortho intramolecular Hbond substituents is 2. The molecule has 0 amide bonds. The molecule has 0 spiro atoms. The number of benzene rings is 2. The minimum absolute atomic E-state index is 0.0236. The molecule has 0 fully saturated rings. The second kappa shape index (κ2) is 6.44. The van der Waals surface area contributed by atoms with Crippen LogP contribution < -0.4 is 0 Å². The monoisotopic (exact) mass is 320 g/mol. The molecule has 2 N–H and O–H groups in total. The Balaban J connectivity index is 2.44. The van der Waals surface area contributed by atoms with Crippen molar-refractivity contribution in [3.63, 3.8) is 0 Å². The van der Waals surface area contributed by atoms with Crippen LogP contribution in [0.25, 0.3) is 0 Å². The number of rotatable bonds is 4. The van der Waals surface area contributed by atoms with Gasteiger partial charge in [-0.25, -0.2) is 0 Å². The van der Waals surface area contributed by atoms with Crippen LogP contribution in [-0.2, 0) is 6.42 Å². The maximum atomic E-state index is 10.8. The van der Waals surface area contributed by atoms with Gasteiger partial charge >= 0.3 is 5.69 Å². The third-order valence-corrected chi connectivity index (χ3v) is 3.29. The molecule has 0 atom stereocenters. The fourth-order valence-electron chi connectivity index (χ4n) is 1.87. The molecular weight excluding hydrogens is 308 g/mol. The van der Waals surface area contributed by atoms with Crippen molar-refractivity contribution in [1.82, 2.24) is 0 Å². The third kappa shape index (κ3) is 3.35. The number of aryl methyl sites for hydroxylation is 1. The zero-order valence-electron chi connectivity index (χ0n) is 11.7. The normalized spacial score (nSPS) is 11.0. The van der Waals surface area contributed by atoms with Crippen LogP contribution in [0.4, 0.5) is 11.4 Å². The summed E-state index contributed by atoms with van der Waals surface area (Å²) in [5.41, 5.74) is 0.883. The summed E-state index contributed by atoms with van der Waals surface area (Å²) in [6, 6.07) is 7.40. The Morgan fingerprint density at radius 1 is 1.32 bits per heavy atom. The lowest BCUT2D eigenvalue weighted by atomic mass is 10.1. The van der Waals surface area contributed by atoms with Crippen molar-refractivity contribution in [1.29, 1.82) is 0 Å². The van der Waals surface area contributed by atoms with E-state index >= 15 is 0 Å². The van der Waals surface area contributed by atoms with Crippen LogP contribution in [-0.4, -0.2) is 21.4 Å². The fraction of sp³-hybridized carbons (Fsp3) is 0.133. The van der Waals surface area contributed by atoms with Crippen LogP contribution in [0.3, 0.4) is 0 Å². The summed E-state index contributed by atoms with van der Waals surface area (Å²) < 4.78 is 0. The number of nitro benzene ring substituents is 1. The molecule has 0 saturated heterocycles. The highest BCUT2D eigenvalue weighted by Gasteiger charge is 2.17. The van der Waals surface area contributed by atoms with Gasteiger partial charge in [-0.2, -0.15) is 0 Å². The lowest BCUT2D eigenvalue weighted by Crippen LogP contribution is -1.92. The van der Waals surface area contributed by atoms with Gasteiger partial charge in [0, 0.05) is 22.9 Å². The maximum absolute atomic E-state index is 10.8. The summed E-state index contributed by atoms with van der Waals surface area (Å²) in [5, 5.41) is 30.6. The third-order valence-electron chi connectivity index (χ3n) is 3.07. The smallest absolute Gasteiger partial charge is 0.312 e. The topological polar surface area (TPSA) is 96.0 Å². The van der Waals surface area contributed by atoms with Crippen LogP contribution in [0.5, 0.6) is 11.5 Å². The Bertz CT molecular complexity index is 759. The van der Waals surface area contributed by atoms with Crippen molar-refractivity contribution >= 4 is 29.2 Å². The number of nitro groups is 1. The number of halogens is 1.